The maximum absolute atomic E-state index is 11.6. The van der Waals surface area contributed by atoms with Gasteiger partial charge in [-0.2, -0.15) is 0 Å². The molecule has 0 atom stereocenters. The second-order valence-corrected chi connectivity index (χ2v) is 2.55. The Morgan fingerprint density at radius 2 is 1.85 bits per heavy atom. The summed E-state index contributed by atoms with van der Waals surface area (Å²) < 4.78 is 38.0. The number of nitrogens with zero attached hydrogens (tertiary/aromatic N) is 1. The Kier molecular flexibility index (Phi) is 2.97. The third-order valence-electron chi connectivity index (χ3n) is 1.58. The average Bonchev–Trinajstić information content (AvgIpc) is 2.03. The van der Waals surface area contributed by atoms with Crippen molar-refractivity contribution in [2.24, 2.45) is 0 Å². The predicted molar refractivity (Wildman–Crippen MR) is 37.0 cm³/mol. The van der Waals surface area contributed by atoms with Crippen molar-refractivity contribution in [3.8, 4) is 0 Å². The van der Waals surface area contributed by atoms with E-state index in [1.807, 2.05) is 0 Å². The fraction of sp³-hybridized carbons (Fsp3) is 0.833. The fourth-order valence-electron chi connectivity index (χ4n) is 1.01. The highest BCUT2D eigenvalue weighted by molar-refractivity contribution is 5.67. The van der Waals surface area contributed by atoms with Crippen molar-refractivity contribution < 1.29 is 22.7 Å². The summed E-state index contributed by atoms with van der Waals surface area (Å²) in [6.07, 6.45) is -6.21. The molecule has 1 aliphatic rings. The molecule has 1 rings (SSSR count). The van der Waals surface area contributed by atoms with Crippen molar-refractivity contribution in [2.75, 3.05) is 26.2 Å². The van der Waals surface area contributed by atoms with Crippen LogP contribution in [0.25, 0.3) is 0 Å². The number of carbonyl (C=O) groups excluding carboxylic acids is 1. The number of amides is 1. The fourth-order valence-corrected chi connectivity index (χ4v) is 1.01. The van der Waals surface area contributed by atoms with E-state index in [0.29, 0.717) is 13.1 Å². The summed E-state index contributed by atoms with van der Waals surface area (Å²) in [4.78, 5) is 11.8. The first-order chi connectivity index (χ1) is 5.99. The number of hydrogen-bond donors (Lipinski definition) is 1. The smallest absolute Gasteiger partial charge is 0.356 e. The van der Waals surface area contributed by atoms with Crippen molar-refractivity contribution >= 4 is 6.09 Å². The number of rotatable bonds is 0. The molecular formula is C6H9F3N2O2. The second kappa shape index (κ2) is 3.82. The van der Waals surface area contributed by atoms with Gasteiger partial charge in [-0.25, -0.2) is 4.79 Å². The van der Waals surface area contributed by atoms with Crippen LogP contribution in [0.15, 0.2) is 0 Å². The van der Waals surface area contributed by atoms with Gasteiger partial charge in [-0.1, -0.05) is 0 Å². The van der Waals surface area contributed by atoms with Crippen molar-refractivity contribution in [1.82, 2.24) is 10.2 Å². The summed E-state index contributed by atoms with van der Waals surface area (Å²) >= 11 is 0. The molecule has 1 N–H and O–H groups in total. The molecule has 0 bridgehead atoms. The molecule has 0 radical (unpaired) electrons. The lowest BCUT2D eigenvalue weighted by Gasteiger charge is -2.26. The van der Waals surface area contributed by atoms with Crippen LogP contribution in [0.1, 0.15) is 0 Å². The number of ether oxygens (including phenoxy) is 1. The summed E-state index contributed by atoms with van der Waals surface area (Å²) in [5.41, 5.74) is 0. The van der Waals surface area contributed by atoms with Crippen LogP contribution in [0.3, 0.4) is 0 Å². The number of halogens is 3. The number of alkyl halides is 3. The first-order valence-electron chi connectivity index (χ1n) is 3.74. The molecule has 4 nitrogen and oxygen atoms in total. The largest absolute Gasteiger partial charge is 0.576 e. The Hall–Kier alpha value is -0.980. The van der Waals surface area contributed by atoms with E-state index in [2.05, 4.69) is 10.1 Å². The van der Waals surface area contributed by atoms with Gasteiger partial charge in [0.15, 0.2) is 0 Å². The van der Waals surface area contributed by atoms with Gasteiger partial charge < -0.3 is 15.0 Å². The molecule has 0 aliphatic carbocycles. The Labute approximate surface area is 72.6 Å². The van der Waals surface area contributed by atoms with Gasteiger partial charge in [0, 0.05) is 26.2 Å². The minimum Gasteiger partial charge on any atom is -0.356 e. The number of carbonyl (C=O) groups is 1. The zero-order chi connectivity index (χ0) is 9.90. The Morgan fingerprint density at radius 3 is 2.31 bits per heavy atom. The van der Waals surface area contributed by atoms with Gasteiger partial charge in [-0.3, -0.25) is 0 Å². The van der Waals surface area contributed by atoms with Crippen LogP contribution in [0.2, 0.25) is 0 Å². The van der Waals surface area contributed by atoms with Gasteiger partial charge in [0.2, 0.25) is 0 Å². The van der Waals surface area contributed by atoms with Crippen LogP contribution in [0.4, 0.5) is 18.0 Å². The van der Waals surface area contributed by atoms with Gasteiger partial charge in [-0.05, 0) is 0 Å². The number of hydrogen-bond acceptors (Lipinski definition) is 3. The molecular weight excluding hydrogens is 189 g/mol. The van der Waals surface area contributed by atoms with Crippen molar-refractivity contribution in [3.63, 3.8) is 0 Å². The van der Waals surface area contributed by atoms with Crippen LogP contribution >= 0.6 is 0 Å². The van der Waals surface area contributed by atoms with Crippen molar-refractivity contribution in [1.29, 1.82) is 0 Å². The zero-order valence-electron chi connectivity index (χ0n) is 6.73. The third-order valence-corrected chi connectivity index (χ3v) is 1.58. The molecule has 0 aromatic rings. The highest BCUT2D eigenvalue weighted by Crippen LogP contribution is 2.17. The summed E-state index contributed by atoms with van der Waals surface area (Å²) in [5, 5.41) is 2.90. The quantitative estimate of drug-likeness (QED) is 0.618. The summed E-state index contributed by atoms with van der Waals surface area (Å²) in [6, 6.07) is 0. The summed E-state index contributed by atoms with van der Waals surface area (Å²) in [7, 11) is 0. The summed E-state index contributed by atoms with van der Waals surface area (Å²) in [6.45, 7) is 1.48. The standard InChI is InChI=1S/C6H9F3N2O2/c7-6(8,9)13-5(12)11-3-1-10-2-4-11/h10H,1-4H2. The van der Waals surface area contributed by atoms with Crippen LogP contribution in [0, 0.1) is 0 Å². The van der Waals surface area contributed by atoms with E-state index in [0.717, 1.165) is 4.90 Å². The van der Waals surface area contributed by atoms with E-state index in [9.17, 15) is 18.0 Å². The van der Waals surface area contributed by atoms with E-state index in [-0.39, 0.29) is 13.1 Å². The minimum atomic E-state index is -4.89. The molecule has 1 heterocycles. The van der Waals surface area contributed by atoms with Gasteiger partial charge >= 0.3 is 12.5 Å². The number of nitrogens with one attached hydrogen (secondary N) is 1. The molecule has 1 fully saturated rings. The van der Waals surface area contributed by atoms with Crippen LogP contribution < -0.4 is 5.32 Å². The van der Waals surface area contributed by atoms with Gasteiger partial charge in [0.25, 0.3) is 0 Å². The lowest BCUT2D eigenvalue weighted by atomic mass is 10.4. The van der Waals surface area contributed by atoms with Crippen LogP contribution in [0.5, 0.6) is 0 Å². The molecule has 0 aromatic heterocycles. The first-order valence-corrected chi connectivity index (χ1v) is 3.74. The first kappa shape index (κ1) is 10.1. The Balaban J connectivity index is 2.38. The maximum Gasteiger partial charge on any atom is 0.576 e. The monoisotopic (exact) mass is 198 g/mol. The molecule has 0 spiro atoms. The molecule has 1 aliphatic heterocycles. The van der Waals surface area contributed by atoms with E-state index in [4.69, 9.17) is 0 Å². The normalized spacial score (nSPS) is 18.5. The molecule has 1 saturated heterocycles. The topological polar surface area (TPSA) is 41.6 Å². The molecule has 76 valence electrons. The Morgan fingerprint density at radius 1 is 1.31 bits per heavy atom. The van der Waals surface area contributed by atoms with Crippen molar-refractivity contribution in [3.05, 3.63) is 0 Å². The summed E-state index contributed by atoms with van der Waals surface area (Å²) in [5.74, 6) is 0. The molecule has 1 amide bonds. The van der Waals surface area contributed by atoms with E-state index in [1.54, 1.807) is 0 Å². The second-order valence-electron chi connectivity index (χ2n) is 2.55. The van der Waals surface area contributed by atoms with Crippen molar-refractivity contribution in [2.45, 2.75) is 6.36 Å². The molecule has 7 heteroatoms. The Bertz CT molecular complexity index is 189. The van der Waals surface area contributed by atoms with Gasteiger partial charge in [0.05, 0.1) is 0 Å². The average molecular weight is 198 g/mol. The SMILES string of the molecule is O=C(OC(F)(F)F)N1CCNCC1. The molecule has 0 aromatic carbocycles. The molecule has 0 unspecified atom stereocenters. The minimum absolute atomic E-state index is 0.245. The molecule has 0 saturated carbocycles. The number of piperazine rings is 1. The maximum atomic E-state index is 11.6. The molecule has 13 heavy (non-hydrogen) atoms. The lowest BCUT2D eigenvalue weighted by molar-refractivity contribution is -0.294. The van der Waals surface area contributed by atoms with E-state index < -0.39 is 12.5 Å². The van der Waals surface area contributed by atoms with Gasteiger partial charge in [-0.15, -0.1) is 13.2 Å². The van der Waals surface area contributed by atoms with Crippen LogP contribution in [-0.4, -0.2) is 43.5 Å². The van der Waals surface area contributed by atoms with Crippen LogP contribution in [-0.2, 0) is 4.74 Å². The third kappa shape index (κ3) is 3.49. The highest BCUT2D eigenvalue weighted by Gasteiger charge is 2.36. The van der Waals surface area contributed by atoms with Gasteiger partial charge in [0.1, 0.15) is 0 Å². The highest BCUT2D eigenvalue weighted by atomic mass is 19.4. The van der Waals surface area contributed by atoms with E-state index >= 15 is 0 Å². The lowest BCUT2D eigenvalue weighted by Crippen LogP contribution is -2.47. The van der Waals surface area contributed by atoms with E-state index in [1.165, 1.54) is 0 Å². The zero-order valence-corrected chi connectivity index (χ0v) is 6.73. The predicted octanol–water partition coefficient (Wildman–Crippen LogP) is 0.548.